The number of hydrogen-bond donors (Lipinski definition) is 1. The molecule has 2 amide bonds. The van der Waals surface area contributed by atoms with Crippen LogP contribution in [-0.4, -0.2) is 60.1 Å². The zero-order chi connectivity index (χ0) is 23.1. The molecule has 172 valence electrons. The van der Waals surface area contributed by atoms with Gasteiger partial charge in [0.25, 0.3) is 0 Å². The molecule has 0 aromatic heterocycles. The molecule has 0 aliphatic carbocycles. The summed E-state index contributed by atoms with van der Waals surface area (Å²) >= 11 is 0. The Balaban J connectivity index is 1.57. The van der Waals surface area contributed by atoms with Gasteiger partial charge in [0, 0.05) is 26.2 Å². The number of ether oxygens (including phenoxy) is 1. The number of rotatable bonds is 6. The number of likely N-dealkylation sites (N-methyl/N-ethyl adjacent to an activating group) is 1. The molecule has 0 atom stereocenters. The lowest BCUT2D eigenvalue weighted by Gasteiger charge is -2.35. The van der Waals surface area contributed by atoms with Gasteiger partial charge < -0.3 is 15.0 Å². The van der Waals surface area contributed by atoms with Crippen molar-refractivity contribution in [2.75, 3.05) is 26.7 Å². The summed E-state index contributed by atoms with van der Waals surface area (Å²) in [6.45, 7) is 7.47. The Morgan fingerprint density at radius 3 is 1.97 bits per heavy atom. The minimum Gasteiger partial charge on any atom is -0.444 e. The molecule has 0 unspecified atom stereocenters. The van der Waals surface area contributed by atoms with Crippen molar-refractivity contribution in [3.8, 4) is 0 Å². The molecule has 0 radical (unpaired) electrons. The number of piperidine rings is 1. The van der Waals surface area contributed by atoms with Gasteiger partial charge in [-0.05, 0) is 44.7 Å². The Kier molecular flexibility index (Phi) is 7.91. The van der Waals surface area contributed by atoms with Gasteiger partial charge >= 0.3 is 6.09 Å². The highest BCUT2D eigenvalue weighted by Crippen LogP contribution is 2.27. The molecule has 0 bridgehead atoms. The predicted octanol–water partition coefficient (Wildman–Crippen LogP) is 4.22. The zero-order valence-corrected chi connectivity index (χ0v) is 19.6. The lowest BCUT2D eigenvalue weighted by molar-refractivity contribution is -0.133. The van der Waals surface area contributed by atoms with Crippen molar-refractivity contribution in [2.24, 2.45) is 0 Å². The summed E-state index contributed by atoms with van der Waals surface area (Å²) in [5.41, 5.74) is 1.68. The Morgan fingerprint density at radius 1 is 1.00 bits per heavy atom. The monoisotopic (exact) mass is 437 g/mol. The molecule has 1 N–H and O–H groups in total. The van der Waals surface area contributed by atoms with E-state index in [1.807, 2.05) is 69.1 Å². The molecule has 0 spiro atoms. The average Bonchev–Trinajstić information content (AvgIpc) is 2.75. The predicted molar refractivity (Wildman–Crippen MR) is 126 cm³/mol. The van der Waals surface area contributed by atoms with Crippen LogP contribution in [0.4, 0.5) is 4.79 Å². The number of carbonyl (C=O) groups is 2. The van der Waals surface area contributed by atoms with E-state index in [-0.39, 0.29) is 24.1 Å². The second kappa shape index (κ2) is 10.6. The van der Waals surface area contributed by atoms with Crippen LogP contribution in [0.5, 0.6) is 0 Å². The third kappa shape index (κ3) is 6.82. The van der Waals surface area contributed by atoms with Gasteiger partial charge in [-0.1, -0.05) is 60.7 Å². The fraction of sp³-hybridized carbons (Fsp3) is 0.462. The number of nitrogens with one attached hydrogen (secondary N) is 1. The average molecular weight is 438 g/mol. The number of likely N-dealkylation sites (tertiary alicyclic amines) is 1. The summed E-state index contributed by atoms with van der Waals surface area (Å²) in [5, 5.41) is 2.95. The molecule has 1 saturated heterocycles. The minimum atomic E-state index is -0.504. The molecule has 6 nitrogen and oxygen atoms in total. The lowest BCUT2D eigenvalue weighted by atomic mass is 9.97. The molecule has 0 saturated carbocycles. The molecule has 3 rings (SSSR count). The molecule has 6 heteroatoms. The van der Waals surface area contributed by atoms with Crippen LogP contribution in [-0.2, 0) is 9.53 Å². The van der Waals surface area contributed by atoms with E-state index in [9.17, 15) is 9.59 Å². The summed E-state index contributed by atoms with van der Waals surface area (Å²) in [7, 11) is 1.88. The Labute approximate surface area is 191 Å². The second-order valence-corrected chi connectivity index (χ2v) is 9.43. The summed E-state index contributed by atoms with van der Waals surface area (Å²) in [4.78, 5) is 29.2. The van der Waals surface area contributed by atoms with E-state index < -0.39 is 5.60 Å². The normalized spacial score (nSPS) is 15.4. The highest BCUT2D eigenvalue weighted by molar-refractivity contribution is 5.79. The van der Waals surface area contributed by atoms with Crippen molar-refractivity contribution in [1.82, 2.24) is 15.1 Å². The van der Waals surface area contributed by atoms with E-state index in [0.29, 0.717) is 6.54 Å². The molecule has 1 aliphatic heterocycles. The largest absolute Gasteiger partial charge is 0.444 e. The summed E-state index contributed by atoms with van der Waals surface area (Å²) < 4.78 is 5.35. The van der Waals surface area contributed by atoms with Gasteiger partial charge in [-0.2, -0.15) is 0 Å². The van der Waals surface area contributed by atoms with Crippen molar-refractivity contribution in [2.45, 2.75) is 51.3 Å². The third-order valence-electron chi connectivity index (χ3n) is 5.68. The van der Waals surface area contributed by atoms with E-state index in [1.165, 1.54) is 0 Å². The van der Waals surface area contributed by atoms with E-state index >= 15 is 0 Å². The van der Waals surface area contributed by atoms with Gasteiger partial charge in [0.05, 0.1) is 12.6 Å². The van der Waals surface area contributed by atoms with Gasteiger partial charge in [0.2, 0.25) is 5.91 Å². The highest BCUT2D eigenvalue weighted by Gasteiger charge is 2.28. The number of alkyl carbamates (subject to hydrolysis) is 1. The van der Waals surface area contributed by atoms with Crippen molar-refractivity contribution >= 4 is 12.0 Å². The Hall–Kier alpha value is -2.86. The molecule has 2 aromatic carbocycles. The van der Waals surface area contributed by atoms with Crippen LogP contribution in [0.25, 0.3) is 0 Å². The fourth-order valence-electron chi connectivity index (χ4n) is 4.07. The maximum absolute atomic E-state index is 13.2. The third-order valence-corrected chi connectivity index (χ3v) is 5.68. The Bertz CT molecular complexity index is 833. The van der Waals surface area contributed by atoms with Gasteiger partial charge in [0.1, 0.15) is 5.60 Å². The smallest absolute Gasteiger partial charge is 0.407 e. The van der Waals surface area contributed by atoms with Crippen LogP contribution in [0.2, 0.25) is 0 Å². The first-order valence-electron chi connectivity index (χ1n) is 11.3. The molecular formula is C26H35N3O3. The molecule has 2 aromatic rings. The number of nitrogens with zero attached hydrogens (tertiary/aromatic N) is 2. The summed E-state index contributed by atoms with van der Waals surface area (Å²) in [6.07, 6.45) is 1.23. The number of hydrogen-bond acceptors (Lipinski definition) is 4. The van der Waals surface area contributed by atoms with Crippen molar-refractivity contribution in [3.05, 3.63) is 71.8 Å². The standard InChI is InChI=1S/C26H35N3O3/c1-26(2,3)32-25(31)27-22-15-17-29(18-16-22)19-23(30)28(4)24(20-11-7-5-8-12-20)21-13-9-6-10-14-21/h5-14,22,24H,15-19H2,1-4H3,(H,27,31). The van der Waals surface area contributed by atoms with Gasteiger partial charge in [0.15, 0.2) is 0 Å². The molecule has 1 heterocycles. The van der Waals surface area contributed by atoms with E-state index in [0.717, 1.165) is 37.1 Å². The van der Waals surface area contributed by atoms with Crippen molar-refractivity contribution in [3.63, 3.8) is 0 Å². The molecule has 1 fully saturated rings. The maximum Gasteiger partial charge on any atom is 0.407 e. The van der Waals surface area contributed by atoms with E-state index in [4.69, 9.17) is 4.74 Å². The van der Waals surface area contributed by atoms with Crippen LogP contribution >= 0.6 is 0 Å². The van der Waals surface area contributed by atoms with E-state index in [2.05, 4.69) is 34.5 Å². The number of benzene rings is 2. The Morgan fingerprint density at radius 2 is 1.50 bits per heavy atom. The number of carbonyl (C=O) groups excluding carboxylic acids is 2. The van der Waals surface area contributed by atoms with Crippen LogP contribution in [0, 0.1) is 0 Å². The van der Waals surface area contributed by atoms with Crippen molar-refractivity contribution < 1.29 is 14.3 Å². The summed E-state index contributed by atoms with van der Waals surface area (Å²) in [6, 6.07) is 20.2. The van der Waals surface area contributed by atoms with Gasteiger partial charge in [-0.3, -0.25) is 9.69 Å². The molecular weight excluding hydrogens is 402 g/mol. The van der Waals surface area contributed by atoms with Crippen LogP contribution in [0.1, 0.15) is 50.8 Å². The topological polar surface area (TPSA) is 61.9 Å². The molecule has 1 aliphatic rings. The van der Waals surface area contributed by atoms with Crippen LogP contribution in [0.15, 0.2) is 60.7 Å². The van der Waals surface area contributed by atoms with Crippen LogP contribution < -0.4 is 5.32 Å². The maximum atomic E-state index is 13.2. The first-order valence-corrected chi connectivity index (χ1v) is 11.3. The van der Waals surface area contributed by atoms with Crippen LogP contribution in [0.3, 0.4) is 0 Å². The van der Waals surface area contributed by atoms with Gasteiger partial charge in [-0.25, -0.2) is 4.79 Å². The first-order chi connectivity index (χ1) is 15.2. The fourth-order valence-corrected chi connectivity index (χ4v) is 4.07. The first kappa shape index (κ1) is 23.8. The number of amides is 2. The zero-order valence-electron chi connectivity index (χ0n) is 19.6. The van der Waals surface area contributed by atoms with Crippen molar-refractivity contribution in [1.29, 1.82) is 0 Å². The van der Waals surface area contributed by atoms with Gasteiger partial charge in [-0.15, -0.1) is 0 Å². The molecule has 32 heavy (non-hydrogen) atoms. The minimum absolute atomic E-state index is 0.0790. The lowest BCUT2D eigenvalue weighted by Crippen LogP contribution is -2.48. The SMILES string of the molecule is CN(C(=O)CN1CCC(NC(=O)OC(C)(C)C)CC1)C(c1ccccc1)c1ccccc1. The quantitative estimate of drug-likeness (QED) is 0.735. The highest BCUT2D eigenvalue weighted by atomic mass is 16.6. The second-order valence-electron chi connectivity index (χ2n) is 9.43. The van der Waals surface area contributed by atoms with E-state index in [1.54, 1.807) is 0 Å². The summed E-state index contributed by atoms with van der Waals surface area (Å²) in [5.74, 6) is 0.0845.